The van der Waals surface area contributed by atoms with Gasteiger partial charge in [0.05, 0.1) is 5.02 Å². The van der Waals surface area contributed by atoms with Crippen molar-refractivity contribution < 1.29 is 4.39 Å². The first-order chi connectivity index (χ1) is 9.09. The third-order valence-corrected chi connectivity index (χ3v) is 6.61. The summed E-state index contributed by atoms with van der Waals surface area (Å²) in [5.74, 6) is 3.18. The molecule has 6 heteroatoms. The van der Waals surface area contributed by atoms with Crippen molar-refractivity contribution in [3.05, 3.63) is 33.6 Å². The molecule has 2 unspecified atom stereocenters. The van der Waals surface area contributed by atoms with Gasteiger partial charge in [0, 0.05) is 45.7 Å². The molecule has 0 spiro atoms. The molecule has 0 aromatic heterocycles. The molecule has 1 fully saturated rings. The van der Waals surface area contributed by atoms with Crippen LogP contribution in [0.1, 0.15) is 18.5 Å². The zero-order chi connectivity index (χ0) is 13.8. The molecule has 1 heterocycles. The fraction of sp³-hybridized carbons (Fsp3) is 0.538. The maximum atomic E-state index is 13.5. The van der Waals surface area contributed by atoms with Crippen molar-refractivity contribution in [2.75, 3.05) is 23.8 Å². The van der Waals surface area contributed by atoms with Crippen LogP contribution in [0.5, 0.6) is 0 Å². The summed E-state index contributed by atoms with van der Waals surface area (Å²) in [5, 5.41) is 4.65. The predicted molar refractivity (Wildman–Crippen MR) is 86.4 cm³/mol. The van der Waals surface area contributed by atoms with Crippen LogP contribution in [0.15, 0.2) is 12.1 Å². The summed E-state index contributed by atoms with van der Waals surface area (Å²) in [6.07, 6.45) is 0. The average Bonchev–Trinajstić information content (AvgIpc) is 2.42. The highest BCUT2D eigenvalue weighted by molar-refractivity contribution is 8.06. The standard InChI is InChI=1S/C13H16Cl2FNS2/c1-8(17-6-9-7-18-4-5-19-9)12-10(14)2-3-11(16)13(12)15/h2-3,8-9,17H,4-7H2,1H3. The van der Waals surface area contributed by atoms with Crippen LogP contribution in [-0.2, 0) is 0 Å². The number of hydrogen-bond acceptors (Lipinski definition) is 3. The van der Waals surface area contributed by atoms with Gasteiger partial charge in [0.25, 0.3) is 0 Å². The van der Waals surface area contributed by atoms with E-state index < -0.39 is 5.82 Å². The van der Waals surface area contributed by atoms with Gasteiger partial charge in [-0.1, -0.05) is 23.2 Å². The van der Waals surface area contributed by atoms with Crippen LogP contribution in [0.3, 0.4) is 0 Å². The maximum Gasteiger partial charge on any atom is 0.142 e. The molecule has 2 atom stereocenters. The van der Waals surface area contributed by atoms with E-state index in [1.807, 2.05) is 30.4 Å². The Bertz CT molecular complexity index is 439. The normalized spacial score (nSPS) is 21.4. The molecule has 1 N–H and O–H groups in total. The average molecular weight is 340 g/mol. The first kappa shape index (κ1) is 15.8. The minimum absolute atomic E-state index is 0.0526. The Labute approximate surface area is 132 Å². The third kappa shape index (κ3) is 4.18. The zero-order valence-corrected chi connectivity index (χ0v) is 13.7. The monoisotopic (exact) mass is 339 g/mol. The Hall–Kier alpha value is 0.390. The molecule has 1 nitrogen and oxygen atoms in total. The Morgan fingerprint density at radius 3 is 2.89 bits per heavy atom. The number of nitrogens with one attached hydrogen (secondary N) is 1. The lowest BCUT2D eigenvalue weighted by Crippen LogP contribution is -2.31. The van der Waals surface area contributed by atoms with E-state index in [9.17, 15) is 4.39 Å². The lowest BCUT2D eigenvalue weighted by atomic mass is 10.1. The highest BCUT2D eigenvalue weighted by Gasteiger charge is 2.19. The molecule has 1 aliphatic heterocycles. The summed E-state index contributed by atoms with van der Waals surface area (Å²) >= 11 is 16.1. The van der Waals surface area contributed by atoms with Crippen molar-refractivity contribution in [2.24, 2.45) is 0 Å². The Morgan fingerprint density at radius 2 is 2.21 bits per heavy atom. The van der Waals surface area contributed by atoms with Gasteiger partial charge < -0.3 is 5.32 Å². The first-order valence-electron chi connectivity index (χ1n) is 6.15. The van der Waals surface area contributed by atoms with Crippen LogP contribution in [0, 0.1) is 5.82 Å². The van der Waals surface area contributed by atoms with Crippen LogP contribution in [0.4, 0.5) is 4.39 Å². The van der Waals surface area contributed by atoms with Gasteiger partial charge in [-0.25, -0.2) is 4.39 Å². The smallest absolute Gasteiger partial charge is 0.142 e. The predicted octanol–water partition coefficient (Wildman–Crippen LogP) is 4.63. The van der Waals surface area contributed by atoms with Crippen LogP contribution in [0.2, 0.25) is 10.0 Å². The molecule has 0 bridgehead atoms. The second kappa shape index (κ2) is 7.41. The highest BCUT2D eigenvalue weighted by Crippen LogP contribution is 2.32. The number of rotatable bonds is 4. The van der Waals surface area contributed by atoms with E-state index in [0.29, 0.717) is 15.8 Å². The minimum atomic E-state index is -0.419. The minimum Gasteiger partial charge on any atom is -0.309 e. The van der Waals surface area contributed by atoms with E-state index in [4.69, 9.17) is 23.2 Å². The maximum absolute atomic E-state index is 13.5. The van der Waals surface area contributed by atoms with Crippen molar-refractivity contribution in [1.29, 1.82) is 0 Å². The zero-order valence-electron chi connectivity index (χ0n) is 10.6. The quantitative estimate of drug-likeness (QED) is 0.803. The molecule has 106 valence electrons. The van der Waals surface area contributed by atoms with Crippen molar-refractivity contribution in [2.45, 2.75) is 18.2 Å². The molecule has 1 aromatic carbocycles. The van der Waals surface area contributed by atoms with Gasteiger partial charge in [0.15, 0.2) is 0 Å². The Balaban J connectivity index is 1.99. The van der Waals surface area contributed by atoms with Gasteiger partial charge in [0.1, 0.15) is 5.82 Å². The Kier molecular flexibility index (Phi) is 6.15. The molecule has 0 amide bonds. The van der Waals surface area contributed by atoms with Crippen molar-refractivity contribution in [3.63, 3.8) is 0 Å². The second-order valence-corrected chi connectivity index (χ2v) is 7.80. The van der Waals surface area contributed by atoms with Gasteiger partial charge in [-0.05, 0) is 19.1 Å². The Morgan fingerprint density at radius 1 is 1.42 bits per heavy atom. The lowest BCUT2D eigenvalue weighted by molar-refractivity contribution is 0.568. The third-order valence-electron chi connectivity index (χ3n) is 3.05. The fourth-order valence-electron chi connectivity index (χ4n) is 2.00. The van der Waals surface area contributed by atoms with Crippen molar-refractivity contribution >= 4 is 46.7 Å². The van der Waals surface area contributed by atoms with Gasteiger partial charge in [-0.3, -0.25) is 0 Å². The van der Waals surface area contributed by atoms with Crippen LogP contribution < -0.4 is 5.32 Å². The lowest BCUT2D eigenvalue weighted by Gasteiger charge is -2.24. The fourth-order valence-corrected chi connectivity index (χ4v) is 5.33. The molecule has 1 saturated heterocycles. The summed E-state index contributed by atoms with van der Waals surface area (Å²) in [5.41, 5.74) is 0.650. The molecule has 0 saturated carbocycles. The largest absolute Gasteiger partial charge is 0.309 e. The topological polar surface area (TPSA) is 12.0 Å². The molecule has 19 heavy (non-hydrogen) atoms. The number of hydrogen-bond donors (Lipinski definition) is 1. The summed E-state index contributed by atoms with van der Waals surface area (Å²) in [6, 6.07) is 2.80. The van der Waals surface area contributed by atoms with Crippen LogP contribution >= 0.6 is 46.7 Å². The number of halogens is 3. The molecular formula is C13H16Cl2FNS2. The van der Waals surface area contributed by atoms with Gasteiger partial charge in [0.2, 0.25) is 0 Å². The van der Waals surface area contributed by atoms with E-state index in [1.54, 1.807) is 6.07 Å². The SMILES string of the molecule is CC(NCC1CSCCS1)c1c(Cl)ccc(F)c1Cl. The van der Waals surface area contributed by atoms with Gasteiger partial charge >= 0.3 is 0 Å². The van der Waals surface area contributed by atoms with E-state index >= 15 is 0 Å². The molecular weight excluding hydrogens is 324 g/mol. The van der Waals surface area contributed by atoms with Gasteiger partial charge in [-0.2, -0.15) is 23.5 Å². The van der Waals surface area contributed by atoms with Gasteiger partial charge in [-0.15, -0.1) is 0 Å². The molecule has 0 radical (unpaired) electrons. The van der Waals surface area contributed by atoms with Crippen LogP contribution in [0.25, 0.3) is 0 Å². The number of benzene rings is 1. The molecule has 1 aromatic rings. The summed E-state index contributed by atoms with van der Waals surface area (Å²) in [6.45, 7) is 2.86. The summed E-state index contributed by atoms with van der Waals surface area (Å²) < 4.78 is 13.5. The number of thioether (sulfide) groups is 2. The van der Waals surface area contributed by atoms with E-state index in [-0.39, 0.29) is 11.1 Å². The molecule has 2 rings (SSSR count). The second-order valence-electron chi connectivity index (χ2n) is 4.45. The van der Waals surface area contributed by atoms with Crippen molar-refractivity contribution in [3.8, 4) is 0 Å². The van der Waals surface area contributed by atoms with Crippen molar-refractivity contribution in [1.82, 2.24) is 5.32 Å². The summed E-state index contributed by atoms with van der Waals surface area (Å²) in [4.78, 5) is 0. The van der Waals surface area contributed by atoms with E-state index in [0.717, 1.165) is 12.3 Å². The van der Waals surface area contributed by atoms with E-state index in [2.05, 4.69) is 5.32 Å². The summed E-state index contributed by atoms with van der Waals surface area (Å²) in [7, 11) is 0. The van der Waals surface area contributed by atoms with Crippen LogP contribution in [-0.4, -0.2) is 29.1 Å². The first-order valence-corrected chi connectivity index (χ1v) is 9.11. The van der Waals surface area contributed by atoms with E-state index in [1.165, 1.54) is 17.6 Å². The highest BCUT2D eigenvalue weighted by atomic mass is 35.5. The molecule has 1 aliphatic rings. The molecule has 0 aliphatic carbocycles.